The zero-order valence-corrected chi connectivity index (χ0v) is 7.69. The molecule has 0 aliphatic heterocycles. The lowest BCUT2D eigenvalue weighted by atomic mass is 10.2. The van der Waals surface area contributed by atoms with Crippen molar-refractivity contribution in [3.63, 3.8) is 0 Å². The molecule has 0 fully saturated rings. The van der Waals surface area contributed by atoms with Crippen LogP contribution in [0.15, 0.2) is 36.4 Å². The van der Waals surface area contributed by atoms with E-state index in [-0.39, 0.29) is 0 Å². The highest BCUT2D eigenvalue weighted by atomic mass is 32.1. The van der Waals surface area contributed by atoms with E-state index in [1.165, 1.54) is 15.3 Å². The van der Waals surface area contributed by atoms with Gasteiger partial charge in [-0.15, -0.1) is 11.3 Å². The third kappa shape index (κ3) is 1.41. The lowest BCUT2D eigenvalue weighted by molar-refractivity contribution is 1.64. The van der Waals surface area contributed by atoms with Crippen molar-refractivity contribution in [2.75, 3.05) is 0 Å². The van der Waals surface area contributed by atoms with Gasteiger partial charge in [0.1, 0.15) is 0 Å². The summed E-state index contributed by atoms with van der Waals surface area (Å²) in [4.78, 5) is 2.68. The maximum absolute atomic E-state index is 3.08. The molecule has 59 valence electrons. The monoisotopic (exact) mass is 173 g/mol. The van der Waals surface area contributed by atoms with Crippen LogP contribution >= 0.6 is 11.3 Å². The highest BCUT2D eigenvalue weighted by Gasteiger charge is 1.97. The summed E-state index contributed by atoms with van der Waals surface area (Å²) in [6.07, 6.45) is 0. The van der Waals surface area contributed by atoms with E-state index in [2.05, 4.69) is 31.2 Å². The molecule has 0 aliphatic carbocycles. The minimum atomic E-state index is 1.26. The lowest BCUT2D eigenvalue weighted by Crippen LogP contribution is -1.67. The van der Waals surface area contributed by atoms with E-state index in [1.54, 1.807) is 0 Å². The van der Waals surface area contributed by atoms with E-state index in [0.29, 0.717) is 0 Å². The number of rotatable bonds is 1. The van der Waals surface area contributed by atoms with Crippen molar-refractivity contribution in [1.29, 1.82) is 0 Å². The molecule has 0 nitrogen and oxygen atoms in total. The standard InChI is InChI=1S/C11H9S/c1-9-7-8-11(12-9)10-5-3-2-4-6-10/h2-3,5-8H,1H3. The van der Waals surface area contributed by atoms with Crippen LogP contribution < -0.4 is 0 Å². The van der Waals surface area contributed by atoms with E-state index < -0.39 is 0 Å². The van der Waals surface area contributed by atoms with Gasteiger partial charge in [0.05, 0.1) is 0 Å². The topological polar surface area (TPSA) is 0 Å². The number of aryl methyl sites for hydroxylation is 1. The summed E-state index contributed by atoms with van der Waals surface area (Å²) in [7, 11) is 0. The van der Waals surface area contributed by atoms with Gasteiger partial charge in [0.2, 0.25) is 0 Å². The smallest absolute Gasteiger partial charge is 0.0345 e. The molecule has 2 aromatic rings. The van der Waals surface area contributed by atoms with E-state index in [4.69, 9.17) is 0 Å². The van der Waals surface area contributed by atoms with E-state index >= 15 is 0 Å². The first-order valence-electron chi connectivity index (χ1n) is 3.89. The second-order valence-electron chi connectivity index (χ2n) is 2.70. The molecular weight excluding hydrogens is 164 g/mol. The normalized spacial score (nSPS) is 10.1. The Morgan fingerprint density at radius 3 is 2.75 bits per heavy atom. The van der Waals surface area contributed by atoms with Crippen molar-refractivity contribution in [2.24, 2.45) is 0 Å². The van der Waals surface area contributed by atoms with Crippen LogP contribution in [0.1, 0.15) is 4.88 Å². The van der Waals surface area contributed by atoms with Crippen LogP contribution in [-0.2, 0) is 0 Å². The Morgan fingerprint density at radius 2 is 2.17 bits per heavy atom. The highest BCUT2D eigenvalue weighted by molar-refractivity contribution is 7.15. The van der Waals surface area contributed by atoms with Gasteiger partial charge in [-0.3, -0.25) is 0 Å². The summed E-state index contributed by atoms with van der Waals surface area (Å²) >= 11 is 1.82. The van der Waals surface area contributed by atoms with Gasteiger partial charge in [0.15, 0.2) is 0 Å². The molecule has 0 bridgehead atoms. The molecule has 0 atom stereocenters. The molecule has 1 radical (unpaired) electrons. The minimum Gasteiger partial charge on any atom is -0.141 e. The first-order valence-corrected chi connectivity index (χ1v) is 4.71. The number of benzene rings is 1. The number of hydrogen-bond donors (Lipinski definition) is 0. The third-order valence-electron chi connectivity index (χ3n) is 1.73. The molecule has 0 N–H and O–H groups in total. The molecule has 0 saturated carbocycles. The van der Waals surface area contributed by atoms with Crippen LogP contribution in [0.2, 0.25) is 0 Å². The average Bonchev–Trinajstić information content (AvgIpc) is 2.54. The minimum absolute atomic E-state index is 1.26. The van der Waals surface area contributed by atoms with Gasteiger partial charge in [-0.25, -0.2) is 0 Å². The maximum atomic E-state index is 3.08. The molecule has 0 spiro atoms. The summed E-state index contributed by atoms with van der Waals surface area (Å²) in [6.45, 7) is 2.13. The van der Waals surface area contributed by atoms with Gasteiger partial charge < -0.3 is 0 Å². The van der Waals surface area contributed by atoms with Crippen LogP contribution in [0, 0.1) is 13.0 Å². The molecule has 1 heterocycles. The first-order chi connectivity index (χ1) is 5.86. The van der Waals surface area contributed by atoms with Crippen molar-refractivity contribution in [2.45, 2.75) is 6.92 Å². The number of thiophene rings is 1. The molecule has 2 rings (SSSR count). The second kappa shape index (κ2) is 3.11. The Hall–Kier alpha value is -1.08. The SMILES string of the molecule is Cc1ccc(-c2c[c]ccc2)s1. The van der Waals surface area contributed by atoms with Gasteiger partial charge in [0, 0.05) is 9.75 Å². The molecule has 12 heavy (non-hydrogen) atoms. The quantitative estimate of drug-likeness (QED) is 0.619. The van der Waals surface area contributed by atoms with Crippen LogP contribution in [0.25, 0.3) is 10.4 Å². The van der Waals surface area contributed by atoms with Crippen LogP contribution in [0.4, 0.5) is 0 Å². The largest absolute Gasteiger partial charge is 0.141 e. The molecule has 0 unspecified atom stereocenters. The van der Waals surface area contributed by atoms with Crippen molar-refractivity contribution >= 4 is 11.3 Å². The van der Waals surface area contributed by atoms with E-state index in [0.717, 1.165) is 0 Å². The molecule has 0 aliphatic rings. The van der Waals surface area contributed by atoms with Crippen molar-refractivity contribution in [3.05, 3.63) is 47.3 Å². The van der Waals surface area contributed by atoms with Crippen molar-refractivity contribution in [1.82, 2.24) is 0 Å². The fourth-order valence-electron chi connectivity index (χ4n) is 1.14. The zero-order valence-electron chi connectivity index (χ0n) is 6.87. The maximum Gasteiger partial charge on any atom is 0.0345 e. The lowest BCUT2D eigenvalue weighted by Gasteiger charge is -1.93. The Bertz CT molecular complexity index is 360. The summed E-state index contributed by atoms with van der Waals surface area (Å²) < 4.78 is 0. The fraction of sp³-hybridized carbons (Fsp3) is 0.0909. The predicted octanol–water partition coefficient (Wildman–Crippen LogP) is 3.52. The van der Waals surface area contributed by atoms with Gasteiger partial charge in [-0.1, -0.05) is 18.2 Å². The van der Waals surface area contributed by atoms with Crippen LogP contribution in [0.3, 0.4) is 0 Å². The summed E-state index contributed by atoms with van der Waals surface area (Å²) in [5.74, 6) is 0. The predicted molar refractivity (Wildman–Crippen MR) is 53.3 cm³/mol. The number of hydrogen-bond acceptors (Lipinski definition) is 1. The first kappa shape index (κ1) is 7.56. The molecule has 1 aromatic carbocycles. The second-order valence-corrected chi connectivity index (χ2v) is 3.99. The summed E-state index contributed by atoms with van der Waals surface area (Å²) in [5, 5.41) is 0. The fourth-order valence-corrected chi connectivity index (χ4v) is 2.00. The highest BCUT2D eigenvalue weighted by Crippen LogP contribution is 2.26. The summed E-state index contributed by atoms with van der Waals surface area (Å²) in [5.41, 5.74) is 1.26. The van der Waals surface area contributed by atoms with Gasteiger partial charge in [0.25, 0.3) is 0 Å². The average molecular weight is 173 g/mol. The Balaban J connectivity index is 2.45. The van der Waals surface area contributed by atoms with Gasteiger partial charge in [-0.05, 0) is 36.8 Å². The summed E-state index contributed by atoms with van der Waals surface area (Å²) in [6, 6.07) is 15.4. The molecule has 0 saturated heterocycles. The van der Waals surface area contributed by atoms with Crippen LogP contribution in [-0.4, -0.2) is 0 Å². The Morgan fingerprint density at radius 1 is 1.25 bits per heavy atom. The Labute approximate surface area is 76.5 Å². The van der Waals surface area contributed by atoms with Gasteiger partial charge >= 0.3 is 0 Å². The Kier molecular flexibility index (Phi) is 1.96. The molecule has 0 amide bonds. The van der Waals surface area contributed by atoms with Gasteiger partial charge in [-0.2, -0.15) is 0 Å². The van der Waals surface area contributed by atoms with Crippen molar-refractivity contribution < 1.29 is 0 Å². The van der Waals surface area contributed by atoms with E-state index in [1.807, 2.05) is 29.5 Å². The molecule has 1 aromatic heterocycles. The zero-order chi connectivity index (χ0) is 8.39. The molecule has 1 heteroatoms. The van der Waals surface area contributed by atoms with Crippen LogP contribution in [0.5, 0.6) is 0 Å². The molecular formula is C11H9S. The van der Waals surface area contributed by atoms with Crippen molar-refractivity contribution in [3.8, 4) is 10.4 Å². The third-order valence-corrected chi connectivity index (χ3v) is 2.78. The van der Waals surface area contributed by atoms with E-state index in [9.17, 15) is 0 Å².